The lowest BCUT2D eigenvalue weighted by Crippen LogP contribution is -2.45. The molecule has 0 bridgehead atoms. The molecule has 0 spiro atoms. The van der Waals surface area contributed by atoms with Crippen molar-refractivity contribution >= 4 is 35.1 Å². The zero-order valence-electron chi connectivity index (χ0n) is 19.5. The van der Waals surface area contributed by atoms with Crippen LogP contribution in [0.15, 0.2) is 60.7 Å². The van der Waals surface area contributed by atoms with Crippen LogP contribution in [0.3, 0.4) is 0 Å². The van der Waals surface area contributed by atoms with E-state index in [1.54, 1.807) is 24.3 Å². The van der Waals surface area contributed by atoms with Crippen LogP contribution in [0.2, 0.25) is 10.0 Å². The third kappa shape index (κ3) is 6.08. The Bertz CT molecular complexity index is 1370. The van der Waals surface area contributed by atoms with Crippen LogP contribution in [0.1, 0.15) is 27.9 Å². The van der Waals surface area contributed by atoms with Gasteiger partial charge >= 0.3 is 12.3 Å². The molecule has 3 aromatic rings. The number of carboxylic acids is 1. The van der Waals surface area contributed by atoms with Gasteiger partial charge in [-0.3, -0.25) is 4.79 Å². The highest BCUT2D eigenvalue weighted by molar-refractivity contribution is 6.32. The number of amides is 1. The molecule has 1 unspecified atom stereocenters. The van der Waals surface area contributed by atoms with Crippen molar-refractivity contribution in [3.63, 3.8) is 0 Å². The normalized spacial score (nSPS) is 16.7. The van der Waals surface area contributed by atoms with Crippen molar-refractivity contribution in [2.75, 3.05) is 13.2 Å². The van der Waals surface area contributed by atoms with E-state index in [2.05, 4.69) is 10.1 Å². The van der Waals surface area contributed by atoms with Gasteiger partial charge in [0.2, 0.25) is 5.60 Å². The first-order valence-corrected chi connectivity index (χ1v) is 12.0. The molecule has 0 radical (unpaired) electrons. The van der Waals surface area contributed by atoms with Crippen LogP contribution in [0, 0.1) is 0 Å². The van der Waals surface area contributed by atoms with Crippen molar-refractivity contribution in [3.05, 3.63) is 87.4 Å². The van der Waals surface area contributed by atoms with E-state index in [4.69, 9.17) is 32.7 Å². The van der Waals surface area contributed by atoms with Gasteiger partial charge in [-0.2, -0.15) is 0 Å². The zero-order valence-corrected chi connectivity index (χ0v) is 21.0. The van der Waals surface area contributed by atoms with Crippen LogP contribution in [0.4, 0.5) is 13.2 Å². The summed E-state index contributed by atoms with van der Waals surface area (Å²) in [5.74, 6) is -1.78. The van der Waals surface area contributed by atoms with Crippen LogP contribution < -0.4 is 19.5 Å². The van der Waals surface area contributed by atoms with E-state index in [0.29, 0.717) is 11.3 Å². The molecule has 0 saturated heterocycles. The molecular formula is C26H20Cl2F3NO6. The highest BCUT2D eigenvalue weighted by atomic mass is 35.5. The molecule has 3 aromatic carbocycles. The van der Waals surface area contributed by atoms with Crippen molar-refractivity contribution in [1.82, 2.24) is 5.32 Å². The number of hydrogen-bond donors (Lipinski definition) is 2. The molecule has 0 aromatic heterocycles. The third-order valence-electron chi connectivity index (χ3n) is 5.79. The second-order valence-electron chi connectivity index (χ2n) is 8.28. The average Bonchev–Trinajstić information content (AvgIpc) is 2.85. The Morgan fingerprint density at radius 2 is 1.82 bits per heavy atom. The van der Waals surface area contributed by atoms with Gasteiger partial charge in [-0.05, 0) is 48.4 Å². The molecule has 1 aliphatic heterocycles. The quantitative estimate of drug-likeness (QED) is 0.345. The van der Waals surface area contributed by atoms with Crippen molar-refractivity contribution in [1.29, 1.82) is 0 Å². The minimum atomic E-state index is -4.89. The zero-order chi connectivity index (χ0) is 27.5. The van der Waals surface area contributed by atoms with Crippen molar-refractivity contribution in [3.8, 4) is 17.2 Å². The number of benzene rings is 3. The Kier molecular flexibility index (Phi) is 7.94. The minimum Gasteiger partial charge on any atom is -0.493 e. The average molecular weight is 570 g/mol. The number of carbonyl (C=O) groups excluding carboxylic acids is 1. The summed E-state index contributed by atoms with van der Waals surface area (Å²) < 4.78 is 53.6. The number of nitrogens with one attached hydrogen (secondary N) is 1. The lowest BCUT2D eigenvalue weighted by Gasteiger charge is -2.35. The molecule has 38 heavy (non-hydrogen) atoms. The number of aliphatic carboxylic acids is 1. The fourth-order valence-corrected chi connectivity index (χ4v) is 4.40. The van der Waals surface area contributed by atoms with E-state index in [9.17, 15) is 27.9 Å². The van der Waals surface area contributed by atoms with E-state index in [-0.39, 0.29) is 52.9 Å². The van der Waals surface area contributed by atoms with Crippen molar-refractivity contribution in [2.24, 2.45) is 0 Å². The fraction of sp³-hybridized carbons (Fsp3) is 0.231. The van der Waals surface area contributed by atoms with Gasteiger partial charge in [0.05, 0.1) is 11.6 Å². The molecule has 0 aliphatic carbocycles. The maximum absolute atomic E-state index is 12.7. The minimum absolute atomic E-state index is 0.000752. The largest absolute Gasteiger partial charge is 0.573 e. The number of hydrogen-bond acceptors (Lipinski definition) is 5. The summed E-state index contributed by atoms with van der Waals surface area (Å²) in [6.45, 7) is 0.105. The maximum atomic E-state index is 12.7. The third-order valence-corrected chi connectivity index (χ3v) is 6.32. The lowest BCUT2D eigenvalue weighted by atomic mass is 9.87. The van der Waals surface area contributed by atoms with Crippen LogP contribution in [0.25, 0.3) is 0 Å². The van der Waals surface area contributed by atoms with Gasteiger partial charge in [0.1, 0.15) is 17.2 Å². The fourth-order valence-electron chi connectivity index (χ4n) is 4.02. The summed E-state index contributed by atoms with van der Waals surface area (Å²) >= 11 is 12.1. The summed E-state index contributed by atoms with van der Waals surface area (Å²) in [5.41, 5.74) is -1.06. The molecule has 0 saturated carbocycles. The van der Waals surface area contributed by atoms with E-state index < -0.39 is 29.6 Å². The standard InChI is InChI=1S/C26H20Cl2F3NO6/c27-17-7-5-15(22(14-17)38-26(29,30)31)9-11-32-23(33)16-6-8-21(19(28)13-16)37-25(24(34)35)10-12-36-20-4-2-1-3-18(20)25/h1-8,13-14H,9-12H2,(H,32,33)(H,34,35). The first-order chi connectivity index (χ1) is 18.0. The second-order valence-corrected chi connectivity index (χ2v) is 9.12. The summed E-state index contributed by atoms with van der Waals surface area (Å²) in [6, 6.07) is 14.6. The maximum Gasteiger partial charge on any atom is 0.573 e. The molecular weight excluding hydrogens is 550 g/mol. The molecule has 1 amide bonds. The Balaban J connectivity index is 1.45. The molecule has 1 heterocycles. The molecule has 7 nitrogen and oxygen atoms in total. The molecule has 2 N–H and O–H groups in total. The predicted molar refractivity (Wildman–Crippen MR) is 132 cm³/mol. The summed E-state index contributed by atoms with van der Waals surface area (Å²) in [4.78, 5) is 25.0. The number of rotatable bonds is 8. The van der Waals surface area contributed by atoms with E-state index >= 15 is 0 Å². The molecule has 1 aliphatic rings. The number of para-hydroxylation sites is 1. The monoisotopic (exact) mass is 569 g/mol. The number of carbonyl (C=O) groups is 2. The van der Waals surface area contributed by atoms with Gasteiger partial charge in [0.15, 0.2) is 0 Å². The van der Waals surface area contributed by atoms with Gasteiger partial charge in [0, 0.05) is 29.1 Å². The Morgan fingerprint density at radius 1 is 1.05 bits per heavy atom. The number of fused-ring (bicyclic) bond motifs is 1. The summed E-state index contributed by atoms with van der Waals surface area (Å²) in [7, 11) is 0. The Morgan fingerprint density at radius 3 is 2.53 bits per heavy atom. The van der Waals surface area contributed by atoms with Crippen LogP contribution in [-0.4, -0.2) is 36.5 Å². The summed E-state index contributed by atoms with van der Waals surface area (Å²) in [6.07, 6.45) is -4.83. The van der Waals surface area contributed by atoms with Gasteiger partial charge in [-0.25, -0.2) is 4.79 Å². The van der Waals surface area contributed by atoms with Crippen LogP contribution in [-0.2, 0) is 16.8 Å². The van der Waals surface area contributed by atoms with E-state index in [1.807, 2.05) is 0 Å². The van der Waals surface area contributed by atoms with E-state index in [0.717, 1.165) is 6.07 Å². The second kappa shape index (κ2) is 11.0. The molecule has 200 valence electrons. The SMILES string of the molecule is O=C(NCCc1ccc(Cl)cc1OC(F)(F)F)c1ccc(OC2(C(=O)O)CCOc3ccccc32)c(Cl)c1. The molecule has 4 rings (SSSR count). The number of alkyl halides is 3. The first-order valence-electron chi connectivity index (χ1n) is 11.3. The highest BCUT2D eigenvalue weighted by Crippen LogP contribution is 2.42. The highest BCUT2D eigenvalue weighted by Gasteiger charge is 2.47. The number of halogens is 5. The molecule has 12 heteroatoms. The Hall–Kier alpha value is -3.63. The van der Waals surface area contributed by atoms with Gasteiger partial charge in [-0.15, -0.1) is 13.2 Å². The van der Waals surface area contributed by atoms with Gasteiger partial charge in [-0.1, -0.05) is 47.5 Å². The van der Waals surface area contributed by atoms with Crippen LogP contribution >= 0.6 is 23.2 Å². The molecule has 1 atom stereocenters. The van der Waals surface area contributed by atoms with Crippen LogP contribution in [0.5, 0.6) is 17.2 Å². The Labute approximate surface area is 225 Å². The van der Waals surface area contributed by atoms with Gasteiger partial charge in [0.25, 0.3) is 5.91 Å². The van der Waals surface area contributed by atoms with Crippen molar-refractivity contribution < 1.29 is 42.1 Å². The van der Waals surface area contributed by atoms with Crippen molar-refractivity contribution in [2.45, 2.75) is 24.8 Å². The number of carboxylic acid groups (broad SMARTS) is 1. The number of ether oxygens (including phenoxy) is 3. The predicted octanol–water partition coefficient (Wildman–Crippen LogP) is 6.01. The smallest absolute Gasteiger partial charge is 0.493 e. The van der Waals surface area contributed by atoms with Gasteiger partial charge < -0.3 is 24.6 Å². The van der Waals surface area contributed by atoms with E-state index in [1.165, 1.54) is 30.3 Å². The molecule has 0 fully saturated rings. The lowest BCUT2D eigenvalue weighted by molar-refractivity contribution is -0.274. The summed E-state index contributed by atoms with van der Waals surface area (Å²) in [5, 5.41) is 12.7. The topological polar surface area (TPSA) is 94.1 Å². The first kappa shape index (κ1) is 27.4.